The Labute approximate surface area is 172 Å². The number of hydrogen-bond acceptors (Lipinski definition) is 2. The summed E-state index contributed by atoms with van der Waals surface area (Å²) in [6.45, 7) is 0. The van der Waals surface area contributed by atoms with Gasteiger partial charge >= 0.3 is 6.36 Å². The minimum Gasteiger partial charge on any atom is -0.405 e. The quantitative estimate of drug-likeness (QED) is 0.467. The van der Waals surface area contributed by atoms with Crippen molar-refractivity contribution >= 4 is 22.2 Å². The molecule has 0 bridgehead atoms. The minimum absolute atomic E-state index is 0.170. The fourth-order valence-corrected chi connectivity index (χ4v) is 4.54. The molecule has 2 aliphatic rings. The maximum absolute atomic E-state index is 12.7. The zero-order chi connectivity index (χ0) is 20.7. The van der Waals surface area contributed by atoms with Crippen LogP contribution in [0.2, 0.25) is 0 Å². The van der Waals surface area contributed by atoms with Gasteiger partial charge in [0.2, 0.25) is 0 Å². The van der Waals surface area contributed by atoms with Gasteiger partial charge in [-0.2, -0.15) is 0 Å². The fourth-order valence-electron chi connectivity index (χ4n) is 4.54. The van der Waals surface area contributed by atoms with Crippen LogP contribution in [0.3, 0.4) is 0 Å². The number of allylic oxidation sites excluding steroid dienone is 4. The monoisotopic (exact) mass is 410 g/mol. The first-order valence-electron chi connectivity index (χ1n) is 10.2. The average Bonchev–Trinajstić information content (AvgIpc) is 3.46. The lowest BCUT2D eigenvalue weighted by Gasteiger charge is -2.13. The number of nitrogens with zero attached hydrogens (tertiary/aromatic N) is 2. The molecular formula is C24H21F3N2O. The molecule has 2 aromatic carbocycles. The van der Waals surface area contributed by atoms with Crippen LogP contribution in [0.25, 0.3) is 22.2 Å². The predicted octanol–water partition coefficient (Wildman–Crippen LogP) is 6.92. The smallest absolute Gasteiger partial charge is 0.405 e. The number of aromatic nitrogens is 2. The number of rotatable bonds is 4. The van der Waals surface area contributed by atoms with Crippen molar-refractivity contribution in [3.05, 3.63) is 72.1 Å². The molecule has 3 nitrogen and oxygen atoms in total. The largest absolute Gasteiger partial charge is 0.573 e. The zero-order valence-electron chi connectivity index (χ0n) is 16.3. The maximum Gasteiger partial charge on any atom is 0.573 e. The van der Waals surface area contributed by atoms with Gasteiger partial charge in [0.1, 0.15) is 5.75 Å². The third kappa shape index (κ3) is 3.62. The highest BCUT2D eigenvalue weighted by Crippen LogP contribution is 2.39. The van der Waals surface area contributed by atoms with Gasteiger partial charge in [0, 0.05) is 11.6 Å². The van der Waals surface area contributed by atoms with E-state index in [-0.39, 0.29) is 5.75 Å². The maximum atomic E-state index is 12.7. The van der Waals surface area contributed by atoms with Crippen molar-refractivity contribution < 1.29 is 17.9 Å². The van der Waals surface area contributed by atoms with E-state index < -0.39 is 6.36 Å². The summed E-state index contributed by atoms with van der Waals surface area (Å²) in [5.74, 6) is -0.170. The molecule has 30 heavy (non-hydrogen) atoms. The number of alkyl halides is 3. The number of fused-ring (bicyclic) bond motifs is 1. The van der Waals surface area contributed by atoms with Crippen molar-refractivity contribution in [3.63, 3.8) is 0 Å². The molecule has 0 atom stereocenters. The van der Waals surface area contributed by atoms with Crippen molar-refractivity contribution in [1.29, 1.82) is 0 Å². The van der Waals surface area contributed by atoms with Crippen LogP contribution in [0.1, 0.15) is 49.3 Å². The molecule has 154 valence electrons. The number of halogens is 3. The van der Waals surface area contributed by atoms with Crippen LogP contribution >= 0.6 is 0 Å². The van der Waals surface area contributed by atoms with E-state index in [9.17, 15) is 13.2 Å². The van der Waals surface area contributed by atoms with Gasteiger partial charge in [-0.25, -0.2) is 4.98 Å². The lowest BCUT2D eigenvalue weighted by molar-refractivity contribution is -0.274. The highest BCUT2D eigenvalue weighted by atomic mass is 19.4. The fraction of sp³-hybridized carbons (Fsp3) is 0.292. The second kappa shape index (κ2) is 7.35. The van der Waals surface area contributed by atoms with Gasteiger partial charge in [0.05, 0.1) is 17.4 Å². The Kier molecular flexibility index (Phi) is 4.65. The van der Waals surface area contributed by atoms with Crippen LogP contribution in [-0.2, 0) is 0 Å². The molecule has 0 unspecified atom stereocenters. The van der Waals surface area contributed by atoms with E-state index in [2.05, 4.69) is 32.5 Å². The Balaban J connectivity index is 1.43. The summed E-state index contributed by atoms with van der Waals surface area (Å²) in [7, 11) is 0. The van der Waals surface area contributed by atoms with Crippen LogP contribution in [0.4, 0.5) is 13.2 Å². The SMILES string of the molecule is FC(F)(F)Oc1ccccc1C1=CC(c2ccc3c(c2)ncn3C2CCCC2)=CC1. The minimum atomic E-state index is -4.71. The molecule has 0 N–H and O–H groups in total. The van der Waals surface area contributed by atoms with Crippen molar-refractivity contribution in [1.82, 2.24) is 9.55 Å². The molecule has 0 saturated heterocycles. The number of ether oxygens (including phenoxy) is 1. The Morgan fingerprint density at radius 1 is 1.03 bits per heavy atom. The normalized spacial score (nSPS) is 17.4. The second-order valence-corrected chi connectivity index (χ2v) is 7.87. The predicted molar refractivity (Wildman–Crippen MR) is 111 cm³/mol. The summed E-state index contributed by atoms with van der Waals surface area (Å²) in [5.41, 5.74) is 5.36. The van der Waals surface area contributed by atoms with Crippen LogP contribution in [0.5, 0.6) is 5.75 Å². The van der Waals surface area contributed by atoms with Gasteiger partial charge < -0.3 is 9.30 Å². The molecule has 1 aromatic heterocycles. The van der Waals surface area contributed by atoms with Crippen molar-refractivity contribution in [3.8, 4) is 5.75 Å². The van der Waals surface area contributed by atoms with E-state index >= 15 is 0 Å². The lowest BCUT2D eigenvalue weighted by Crippen LogP contribution is -2.17. The summed E-state index contributed by atoms with van der Waals surface area (Å²) in [6, 6.07) is 13.0. The van der Waals surface area contributed by atoms with Crippen LogP contribution in [-0.4, -0.2) is 15.9 Å². The summed E-state index contributed by atoms with van der Waals surface area (Å²) in [4.78, 5) is 4.60. The van der Waals surface area contributed by atoms with Crippen LogP contribution in [0.15, 0.2) is 60.9 Å². The third-order valence-corrected chi connectivity index (χ3v) is 5.96. The van der Waals surface area contributed by atoms with Crippen LogP contribution < -0.4 is 4.74 Å². The van der Waals surface area contributed by atoms with E-state index in [0.717, 1.165) is 27.7 Å². The van der Waals surface area contributed by atoms with E-state index in [1.807, 2.05) is 18.5 Å². The van der Waals surface area contributed by atoms with Crippen molar-refractivity contribution in [2.45, 2.75) is 44.5 Å². The van der Waals surface area contributed by atoms with Gasteiger partial charge in [-0.1, -0.05) is 49.3 Å². The van der Waals surface area contributed by atoms with Gasteiger partial charge in [-0.3, -0.25) is 0 Å². The number of hydrogen-bond donors (Lipinski definition) is 0. The van der Waals surface area contributed by atoms with Crippen LogP contribution in [0, 0.1) is 0 Å². The van der Waals surface area contributed by atoms with E-state index in [4.69, 9.17) is 0 Å². The highest BCUT2D eigenvalue weighted by molar-refractivity contribution is 5.92. The van der Waals surface area contributed by atoms with Crippen molar-refractivity contribution in [2.75, 3.05) is 0 Å². The number of para-hydroxylation sites is 1. The summed E-state index contributed by atoms with van der Waals surface area (Å²) >= 11 is 0. The first-order chi connectivity index (χ1) is 14.5. The number of imidazole rings is 1. The van der Waals surface area contributed by atoms with Crippen molar-refractivity contribution in [2.24, 2.45) is 0 Å². The van der Waals surface area contributed by atoms with E-state index in [1.165, 1.54) is 31.7 Å². The molecule has 1 saturated carbocycles. The number of benzene rings is 2. The Morgan fingerprint density at radius 3 is 2.63 bits per heavy atom. The van der Waals surface area contributed by atoms with Gasteiger partial charge in [-0.05, 0) is 54.2 Å². The molecule has 0 spiro atoms. The first kappa shape index (κ1) is 19.0. The topological polar surface area (TPSA) is 27.1 Å². The van der Waals surface area contributed by atoms with Gasteiger partial charge in [-0.15, -0.1) is 13.2 Å². The van der Waals surface area contributed by atoms with E-state index in [1.54, 1.807) is 18.2 Å². The molecule has 0 aliphatic heterocycles. The molecule has 2 aliphatic carbocycles. The molecule has 1 fully saturated rings. The molecule has 1 heterocycles. The van der Waals surface area contributed by atoms with Gasteiger partial charge in [0.25, 0.3) is 0 Å². The molecule has 0 radical (unpaired) electrons. The molecule has 5 rings (SSSR count). The Morgan fingerprint density at radius 2 is 1.83 bits per heavy atom. The summed E-state index contributed by atoms with van der Waals surface area (Å²) < 4.78 is 44.7. The Bertz CT molecular complexity index is 1150. The molecule has 3 aromatic rings. The lowest BCUT2D eigenvalue weighted by atomic mass is 10.0. The van der Waals surface area contributed by atoms with E-state index in [0.29, 0.717) is 18.0 Å². The molecule has 0 amide bonds. The summed E-state index contributed by atoms with van der Waals surface area (Å²) in [6.07, 6.45) is 6.68. The molecular weight excluding hydrogens is 389 g/mol. The standard InChI is InChI=1S/C24H21F3N2O/c25-24(26,27)30-23-8-4-3-7-20(23)18-10-9-16(13-18)17-11-12-22-21(14-17)28-15-29(22)19-5-1-2-6-19/h3-4,7-9,11-15,19H,1-2,5-6,10H2. The Hall–Kier alpha value is -3.02. The third-order valence-electron chi connectivity index (χ3n) is 5.96. The first-order valence-corrected chi connectivity index (χ1v) is 10.2. The highest BCUT2D eigenvalue weighted by Gasteiger charge is 2.32. The van der Waals surface area contributed by atoms with Gasteiger partial charge in [0.15, 0.2) is 0 Å². The second-order valence-electron chi connectivity index (χ2n) is 7.87. The average molecular weight is 410 g/mol. The zero-order valence-corrected chi connectivity index (χ0v) is 16.3. The summed E-state index contributed by atoms with van der Waals surface area (Å²) in [5, 5.41) is 0. The molecule has 6 heteroatoms.